The van der Waals surface area contributed by atoms with Crippen molar-refractivity contribution in [3.63, 3.8) is 0 Å². The fourth-order valence-electron chi connectivity index (χ4n) is 1.45. The third-order valence-corrected chi connectivity index (χ3v) is 4.23. The second-order valence-corrected chi connectivity index (χ2v) is 6.66. The van der Waals surface area contributed by atoms with Crippen molar-refractivity contribution in [2.45, 2.75) is 37.9 Å². The summed E-state index contributed by atoms with van der Waals surface area (Å²) in [6, 6.07) is 6.59. The molecular formula is C13H20O4S. The summed E-state index contributed by atoms with van der Waals surface area (Å²) >= 11 is 0. The number of aliphatic hydroxyl groups excluding tert-OH is 1. The van der Waals surface area contributed by atoms with Crippen molar-refractivity contribution in [1.29, 1.82) is 0 Å². The molecule has 0 radical (unpaired) electrons. The van der Waals surface area contributed by atoms with Gasteiger partial charge < -0.3 is 9.84 Å². The van der Waals surface area contributed by atoms with Gasteiger partial charge in [-0.25, -0.2) is 8.42 Å². The van der Waals surface area contributed by atoms with Crippen LogP contribution in [0.5, 0.6) is 0 Å². The highest BCUT2D eigenvalue weighted by Crippen LogP contribution is 2.13. The Balaban J connectivity index is 2.67. The Hall–Kier alpha value is -0.910. The number of benzene rings is 1. The zero-order valence-corrected chi connectivity index (χ0v) is 11.8. The minimum atomic E-state index is -3.45. The number of ether oxygens (including phenoxy) is 1. The lowest BCUT2D eigenvalue weighted by molar-refractivity contribution is 0.0146. The molecule has 1 N–H and O–H groups in total. The third-order valence-electron chi connectivity index (χ3n) is 2.41. The molecular weight excluding hydrogens is 252 g/mol. The maximum absolute atomic E-state index is 12.0. The summed E-state index contributed by atoms with van der Waals surface area (Å²) in [5.74, 6) is -0.317. The highest BCUT2D eigenvalue weighted by Gasteiger charge is 2.20. The van der Waals surface area contributed by atoms with Crippen LogP contribution in [0, 0.1) is 6.92 Å². The van der Waals surface area contributed by atoms with E-state index in [1.807, 2.05) is 20.8 Å². The summed E-state index contributed by atoms with van der Waals surface area (Å²) in [6.07, 6.45) is -1.03. The fraction of sp³-hybridized carbons (Fsp3) is 0.538. The standard InChI is InChI=1S/C13H20O4S/c1-10(2)17-8-12(14)9-18(15,16)13-6-4-11(3)5-7-13/h4-7,10,12,14H,8-9H2,1-3H3. The van der Waals surface area contributed by atoms with Gasteiger partial charge in [-0.3, -0.25) is 0 Å². The molecule has 0 bridgehead atoms. The molecule has 1 atom stereocenters. The van der Waals surface area contributed by atoms with Crippen molar-refractivity contribution in [3.05, 3.63) is 29.8 Å². The van der Waals surface area contributed by atoms with E-state index in [4.69, 9.17) is 4.74 Å². The number of hydrogen-bond donors (Lipinski definition) is 1. The first kappa shape index (κ1) is 15.1. The molecule has 0 aliphatic carbocycles. The second-order valence-electron chi connectivity index (χ2n) is 4.63. The zero-order valence-electron chi connectivity index (χ0n) is 11.0. The van der Waals surface area contributed by atoms with Crippen molar-refractivity contribution >= 4 is 9.84 Å². The lowest BCUT2D eigenvalue weighted by atomic mass is 10.2. The van der Waals surface area contributed by atoms with Crippen LogP contribution in [0.1, 0.15) is 19.4 Å². The van der Waals surface area contributed by atoms with Crippen LogP contribution in [0.4, 0.5) is 0 Å². The Kier molecular flexibility index (Phi) is 5.31. The Morgan fingerprint density at radius 1 is 1.22 bits per heavy atom. The van der Waals surface area contributed by atoms with Gasteiger partial charge in [0.1, 0.15) is 0 Å². The number of rotatable bonds is 6. The molecule has 4 nitrogen and oxygen atoms in total. The maximum Gasteiger partial charge on any atom is 0.180 e. The van der Waals surface area contributed by atoms with Gasteiger partial charge in [0.2, 0.25) is 0 Å². The highest BCUT2D eigenvalue weighted by molar-refractivity contribution is 7.91. The molecule has 1 aromatic rings. The molecule has 0 aliphatic heterocycles. The van der Waals surface area contributed by atoms with Crippen LogP contribution < -0.4 is 0 Å². The van der Waals surface area contributed by atoms with Crippen LogP contribution in [-0.4, -0.2) is 38.1 Å². The average Bonchev–Trinajstić information content (AvgIpc) is 2.26. The van der Waals surface area contributed by atoms with Gasteiger partial charge in [0.15, 0.2) is 9.84 Å². The summed E-state index contributed by atoms with van der Waals surface area (Å²) < 4.78 is 29.2. The average molecular weight is 272 g/mol. The minimum Gasteiger partial charge on any atom is -0.390 e. The first-order chi connectivity index (χ1) is 8.31. The quantitative estimate of drug-likeness (QED) is 0.853. The molecule has 0 aliphatic rings. The van der Waals surface area contributed by atoms with E-state index in [1.165, 1.54) is 0 Å². The Morgan fingerprint density at radius 2 is 1.78 bits per heavy atom. The first-order valence-corrected chi connectivity index (χ1v) is 7.55. The van der Waals surface area contributed by atoms with Crippen LogP contribution in [0.2, 0.25) is 0 Å². The number of aryl methyl sites for hydroxylation is 1. The Morgan fingerprint density at radius 3 is 2.28 bits per heavy atom. The molecule has 1 aromatic carbocycles. The van der Waals surface area contributed by atoms with Crippen molar-refractivity contribution in [2.24, 2.45) is 0 Å². The van der Waals surface area contributed by atoms with Crippen LogP contribution in [0.25, 0.3) is 0 Å². The fourth-order valence-corrected chi connectivity index (χ4v) is 2.79. The molecule has 0 saturated heterocycles. The van der Waals surface area contributed by atoms with Gasteiger partial charge in [-0.2, -0.15) is 0 Å². The van der Waals surface area contributed by atoms with E-state index in [0.717, 1.165) is 5.56 Å². The molecule has 0 saturated carbocycles. The summed E-state index contributed by atoms with van der Waals surface area (Å²) in [6.45, 7) is 5.59. The van der Waals surface area contributed by atoms with Crippen molar-refractivity contribution in [2.75, 3.05) is 12.4 Å². The van der Waals surface area contributed by atoms with E-state index in [9.17, 15) is 13.5 Å². The maximum atomic E-state index is 12.0. The van der Waals surface area contributed by atoms with Gasteiger partial charge >= 0.3 is 0 Å². The monoisotopic (exact) mass is 272 g/mol. The Bertz CT molecular complexity index is 462. The van der Waals surface area contributed by atoms with Gasteiger partial charge in [0, 0.05) is 0 Å². The largest absolute Gasteiger partial charge is 0.390 e. The molecule has 0 spiro atoms. The van der Waals surface area contributed by atoms with Crippen LogP contribution >= 0.6 is 0 Å². The third kappa shape index (κ3) is 4.76. The predicted molar refractivity (Wildman–Crippen MR) is 70.3 cm³/mol. The molecule has 0 fully saturated rings. The molecule has 1 unspecified atom stereocenters. The van der Waals surface area contributed by atoms with E-state index < -0.39 is 15.9 Å². The molecule has 0 aromatic heterocycles. The predicted octanol–water partition coefficient (Wildman–Crippen LogP) is 1.55. The number of sulfone groups is 1. The zero-order chi connectivity index (χ0) is 13.8. The van der Waals surface area contributed by atoms with Gasteiger partial charge in [-0.1, -0.05) is 17.7 Å². The summed E-state index contributed by atoms with van der Waals surface area (Å²) in [7, 11) is -3.45. The first-order valence-electron chi connectivity index (χ1n) is 5.90. The molecule has 0 heterocycles. The van der Waals surface area contributed by atoms with Crippen molar-refractivity contribution in [3.8, 4) is 0 Å². The number of hydrogen-bond acceptors (Lipinski definition) is 4. The molecule has 102 valence electrons. The van der Waals surface area contributed by atoms with Crippen molar-refractivity contribution in [1.82, 2.24) is 0 Å². The molecule has 1 rings (SSSR count). The molecule has 5 heteroatoms. The number of aliphatic hydroxyl groups is 1. The lowest BCUT2D eigenvalue weighted by Crippen LogP contribution is -2.27. The van der Waals surface area contributed by atoms with Crippen LogP contribution in [-0.2, 0) is 14.6 Å². The van der Waals surface area contributed by atoms with Gasteiger partial charge in [0.25, 0.3) is 0 Å². The normalized spacial score (nSPS) is 13.8. The summed E-state index contributed by atoms with van der Waals surface area (Å²) in [4.78, 5) is 0.233. The summed E-state index contributed by atoms with van der Waals surface area (Å²) in [5.41, 5.74) is 0.998. The van der Waals surface area contributed by atoms with Gasteiger partial charge in [0.05, 0.1) is 29.5 Å². The van der Waals surface area contributed by atoms with Crippen LogP contribution in [0.3, 0.4) is 0 Å². The van der Waals surface area contributed by atoms with E-state index in [-0.39, 0.29) is 23.4 Å². The lowest BCUT2D eigenvalue weighted by Gasteiger charge is -2.13. The van der Waals surface area contributed by atoms with Crippen LogP contribution in [0.15, 0.2) is 29.2 Å². The van der Waals surface area contributed by atoms with E-state index in [2.05, 4.69) is 0 Å². The van der Waals surface area contributed by atoms with Crippen molar-refractivity contribution < 1.29 is 18.3 Å². The minimum absolute atomic E-state index is 0.0262. The smallest absolute Gasteiger partial charge is 0.180 e. The van der Waals surface area contributed by atoms with E-state index in [0.29, 0.717) is 0 Å². The second kappa shape index (κ2) is 6.31. The highest BCUT2D eigenvalue weighted by atomic mass is 32.2. The van der Waals surface area contributed by atoms with E-state index in [1.54, 1.807) is 24.3 Å². The molecule has 0 amide bonds. The van der Waals surface area contributed by atoms with E-state index >= 15 is 0 Å². The van der Waals surface area contributed by atoms with Gasteiger partial charge in [-0.15, -0.1) is 0 Å². The molecule has 18 heavy (non-hydrogen) atoms. The SMILES string of the molecule is Cc1ccc(S(=O)(=O)CC(O)COC(C)C)cc1. The van der Waals surface area contributed by atoms with Gasteiger partial charge in [-0.05, 0) is 32.9 Å². The summed E-state index contributed by atoms with van der Waals surface area (Å²) in [5, 5.41) is 9.65. The Labute approximate surface area is 109 Å². The topological polar surface area (TPSA) is 63.6 Å².